The zero-order valence-corrected chi connectivity index (χ0v) is 14.7. The fraction of sp³-hybridized carbons (Fsp3) is 0.176. The molecular formula is C17H12F2N6O4. The fourth-order valence-corrected chi connectivity index (χ4v) is 3.21. The van der Waals surface area contributed by atoms with Crippen LogP contribution in [0.5, 0.6) is 0 Å². The molecule has 2 aromatic carbocycles. The van der Waals surface area contributed by atoms with Crippen molar-refractivity contribution in [2.75, 3.05) is 11.4 Å². The number of aromatic nitrogens is 4. The Labute approximate surface area is 160 Å². The van der Waals surface area contributed by atoms with Gasteiger partial charge in [-0.15, -0.1) is 4.68 Å². The Hall–Kier alpha value is -3.96. The molecule has 0 bridgehead atoms. The molecule has 0 saturated carbocycles. The number of nitro groups is 1. The van der Waals surface area contributed by atoms with Crippen LogP contribution < -0.4 is 10.6 Å². The normalized spacial score (nSPS) is 13.2. The molecule has 0 fully saturated rings. The Kier molecular flexibility index (Phi) is 4.37. The molecule has 0 aliphatic carbocycles. The molecule has 1 aromatic heterocycles. The third-order valence-corrected chi connectivity index (χ3v) is 4.54. The number of carbonyl (C=O) groups excluding carboxylic acids is 1. The summed E-state index contributed by atoms with van der Waals surface area (Å²) in [5.41, 5.74) is -1.04. The lowest BCUT2D eigenvalue weighted by atomic mass is 10.0. The highest BCUT2D eigenvalue weighted by atomic mass is 19.1. The van der Waals surface area contributed by atoms with E-state index in [2.05, 4.69) is 10.4 Å². The monoisotopic (exact) mass is 402 g/mol. The number of hydrogen-bond donors (Lipinski definition) is 0. The lowest BCUT2D eigenvalue weighted by molar-refractivity contribution is -0.384. The first-order valence-corrected chi connectivity index (χ1v) is 8.47. The largest absolute Gasteiger partial charge is 0.377 e. The van der Waals surface area contributed by atoms with Crippen molar-refractivity contribution in [3.63, 3.8) is 0 Å². The second kappa shape index (κ2) is 6.89. The number of anilines is 1. The second-order valence-corrected chi connectivity index (χ2v) is 6.26. The summed E-state index contributed by atoms with van der Waals surface area (Å²) in [5.74, 6) is -2.08. The topological polar surface area (TPSA) is 116 Å². The standard InChI is InChI=1S/C17H12F2N6O4/c18-12-4-1-5-13(19)15(12)23-17(27)24(21-20-23)16(26)22-8-2-3-10-9-11(25(28)29)6-7-14(10)22/h1,4-7,9H,2-3,8H2. The minimum atomic E-state index is -1.15. The summed E-state index contributed by atoms with van der Waals surface area (Å²) >= 11 is 0. The Morgan fingerprint density at radius 1 is 1.14 bits per heavy atom. The van der Waals surface area contributed by atoms with E-state index in [4.69, 9.17) is 0 Å². The van der Waals surface area contributed by atoms with E-state index < -0.39 is 34.0 Å². The molecule has 1 aliphatic rings. The highest BCUT2D eigenvalue weighted by Crippen LogP contribution is 2.30. The van der Waals surface area contributed by atoms with E-state index in [9.17, 15) is 28.5 Å². The molecule has 1 amide bonds. The van der Waals surface area contributed by atoms with Gasteiger partial charge in [-0.2, -0.15) is 4.68 Å². The number of nitrogens with zero attached hydrogens (tertiary/aromatic N) is 6. The van der Waals surface area contributed by atoms with Gasteiger partial charge in [0.2, 0.25) is 0 Å². The number of hydrogen-bond acceptors (Lipinski definition) is 6. The quantitative estimate of drug-likeness (QED) is 0.368. The van der Waals surface area contributed by atoms with Crippen molar-refractivity contribution < 1.29 is 18.5 Å². The highest BCUT2D eigenvalue weighted by molar-refractivity contribution is 5.94. The zero-order chi connectivity index (χ0) is 20.7. The molecule has 0 atom stereocenters. The average Bonchev–Trinajstić information content (AvgIpc) is 3.07. The minimum absolute atomic E-state index is 0.115. The number of halogens is 2. The van der Waals surface area contributed by atoms with Gasteiger partial charge < -0.3 is 0 Å². The van der Waals surface area contributed by atoms with Crippen LogP contribution in [-0.4, -0.2) is 37.3 Å². The van der Waals surface area contributed by atoms with Crippen LogP contribution in [0.4, 0.5) is 25.0 Å². The summed E-state index contributed by atoms with van der Waals surface area (Å²) in [4.78, 5) is 37.1. The number of amides is 1. The van der Waals surface area contributed by atoms with Crippen LogP contribution in [0.15, 0.2) is 41.2 Å². The molecule has 1 aliphatic heterocycles. The van der Waals surface area contributed by atoms with Gasteiger partial charge in [0, 0.05) is 24.4 Å². The second-order valence-electron chi connectivity index (χ2n) is 6.26. The van der Waals surface area contributed by atoms with Gasteiger partial charge in [0.15, 0.2) is 11.6 Å². The van der Waals surface area contributed by atoms with Gasteiger partial charge in [0.05, 0.1) is 4.92 Å². The van der Waals surface area contributed by atoms with Gasteiger partial charge in [0.25, 0.3) is 5.69 Å². The molecular weight excluding hydrogens is 390 g/mol. The lowest BCUT2D eigenvalue weighted by Crippen LogP contribution is -2.43. The molecule has 2 heterocycles. The molecule has 148 valence electrons. The van der Waals surface area contributed by atoms with Gasteiger partial charge >= 0.3 is 11.7 Å². The number of para-hydroxylation sites is 1. The predicted octanol–water partition coefficient (Wildman–Crippen LogP) is 2.04. The van der Waals surface area contributed by atoms with Crippen molar-refractivity contribution in [2.45, 2.75) is 12.8 Å². The molecule has 29 heavy (non-hydrogen) atoms. The summed E-state index contributed by atoms with van der Waals surface area (Å²) < 4.78 is 28.7. The van der Waals surface area contributed by atoms with Crippen molar-refractivity contribution in [2.24, 2.45) is 0 Å². The number of nitro benzene ring substituents is 1. The summed E-state index contributed by atoms with van der Waals surface area (Å²) in [6, 6.07) is 6.16. The number of benzene rings is 2. The molecule has 4 rings (SSSR count). The molecule has 12 heteroatoms. The summed E-state index contributed by atoms with van der Waals surface area (Å²) in [7, 11) is 0. The summed E-state index contributed by atoms with van der Waals surface area (Å²) in [6.07, 6.45) is 1.02. The SMILES string of the molecule is O=C(N1CCCc2cc([N+](=O)[O-])ccc21)n1nnn(-c2c(F)cccc2F)c1=O. The fourth-order valence-electron chi connectivity index (χ4n) is 3.21. The van der Waals surface area contributed by atoms with Crippen molar-refractivity contribution in [3.05, 3.63) is 74.2 Å². The molecule has 0 radical (unpaired) electrons. The van der Waals surface area contributed by atoms with Crippen LogP contribution in [0.25, 0.3) is 5.69 Å². The molecule has 0 unspecified atom stereocenters. The van der Waals surface area contributed by atoms with E-state index in [1.54, 1.807) is 0 Å². The first-order chi connectivity index (χ1) is 13.9. The van der Waals surface area contributed by atoms with Gasteiger partial charge in [-0.25, -0.2) is 18.4 Å². The number of fused-ring (bicyclic) bond motifs is 1. The maximum atomic E-state index is 14.0. The van der Waals surface area contributed by atoms with Gasteiger partial charge in [-0.1, -0.05) is 6.07 Å². The molecule has 0 saturated heterocycles. The third kappa shape index (κ3) is 3.03. The summed E-state index contributed by atoms with van der Waals surface area (Å²) in [6.45, 7) is 0.233. The average molecular weight is 402 g/mol. The van der Waals surface area contributed by atoms with Gasteiger partial charge in [-0.05, 0) is 47.0 Å². The van der Waals surface area contributed by atoms with E-state index in [0.29, 0.717) is 33.5 Å². The third-order valence-electron chi connectivity index (χ3n) is 4.54. The molecule has 0 N–H and O–H groups in total. The Morgan fingerprint density at radius 2 is 1.86 bits per heavy atom. The minimum Gasteiger partial charge on any atom is -0.292 e. The first kappa shape index (κ1) is 18.4. The number of tetrazole rings is 1. The van der Waals surface area contributed by atoms with Crippen LogP contribution in [0.3, 0.4) is 0 Å². The maximum absolute atomic E-state index is 14.0. The molecule has 10 nitrogen and oxygen atoms in total. The van der Waals surface area contributed by atoms with Crippen molar-refractivity contribution in [3.8, 4) is 5.69 Å². The first-order valence-electron chi connectivity index (χ1n) is 8.47. The van der Waals surface area contributed by atoms with Gasteiger partial charge in [0.1, 0.15) is 5.69 Å². The zero-order valence-electron chi connectivity index (χ0n) is 14.7. The Bertz CT molecular complexity index is 1180. The van der Waals surface area contributed by atoms with Crippen LogP contribution in [0.1, 0.15) is 12.0 Å². The smallest absolute Gasteiger partial charge is 0.292 e. The van der Waals surface area contributed by atoms with E-state index in [1.165, 1.54) is 23.1 Å². The molecule has 3 aromatic rings. The maximum Gasteiger partial charge on any atom is 0.377 e. The number of aryl methyl sites for hydroxylation is 1. The van der Waals surface area contributed by atoms with Crippen LogP contribution in [0, 0.1) is 21.7 Å². The van der Waals surface area contributed by atoms with Crippen molar-refractivity contribution >= 4 is 17.4 Å². The van der Waals surface area contributed by atoms with Crippen LogP contribution >= 0.6 is 0 Å². The van der Waals surface area contributed by atoms with Crippen molar-refractivity contribution in [1.29, 1.82) is 0 Å². The number of non-ortho nitro benzene ring substituents is 1. The highest BCUT2D eigenvalue weighted by Gasteiger charge is 2.29. The molecule has 0 spiro atoms. The van der Waals surface area contributed by atoms with Gasteiger partial charge in [-0.3, -0.25) is 15.0 Å². The number of rotatable bonds is 2. The Morgan fingerprint density at radius 3 is 2.55 bits per heavy atom. The van der Waals surface area contributed by atoms with E-state index in [0.717, 1.165) is 18.2 Å². The van der Waals surface area contributed by atoms with E-state index in [1.807, 2.05) is 0 Å². The number of carbonyl (C=O) groups is 1. The Balaban J connectivity index is 1.74. The van der Waals surface area contributed by atoms with E-state index in [-0.39, 0.29) is 12.2 Å². The van der Waals surface area contributed by atoms with E-state index >= 15 is 0 Å². The van der Waals surface area contributed by atoms with Crippen LogP contribution in [0.2, 0.25) is 0 Å². The van der Waals surface area contributed by atoms with Crippen molar-refractivity contribution in [1.82, 2.24) is 19.8 Å². The summed E-state index contributed by atoms with van der Waals surface area (Å²) in [5, 5.41) is 17.8. The van der Waals surface area contributed by atoms with Crippen LogP contribution in [-0.2, 0) is 6.42 Å². The predicted molar refractivity (Wildman–Crippen MR) is 95.1 cm³/mol. The lowest BCUT2D eigenvalue weighted by Gasteiger charge is -2.28.